The van der Waals surface area contributed by atoms with Gasteiger partial charge in [0.1, 0.15) is 5.75 Å². The molecular weight excluding hydrogens is 286 g/mol. The lowest BCUT2D eigenvalue weighted by Gasteiger charge is -2.10. The van der Waals surface area contributed by atoms with Crippen molar-refractivity contribution in [3.05, 3.63) is 72.6 Å². The number of aromatic nitrogens is 2. The van der Waals surface area contributed by atoms with E-state index in [1.165, 1.54) is 5.56 Å². The Kier molecular flexibility index (Phi) is 5.06. The monoisotopic (exact) mass is 307 g/mol. The topological polar surface area (TPSA) is 53.1 Å². The van der Waals surface area contributed by atoms with Crippen molar-refractivity contribution in [3.8, 4) is 16.9 Å². The molecule has 0 unspecified atom stereocenters. The average molecular weight is 307 g/mol. The van der Waals surface area contributed by atoms with Gasteiger partial charge in [0.05, 0.1) is 19.3 Å². The van der Waals surface area contributed by atoms with Crippen LogP contribution in [0.4, 0.5) is 0 Å². The number of hydrogen-bond donors (Lipinski definition) is 1. The van der Waals surface area contributed by atoms with Crippen molar-refractivity contribution in [2.75, 3.05) is 13.2 Å². The Balaban J connectivity index is 1.70. The van der Waals surface area contributed by atoms with E-state index in [1.807, 2.05) is 41.3 Å². The molecular formula is C19H21N3O. The van der Waals surface area contributed by atoms with Gasteiger partial charge in [-0.05, 0) is 11.6 Å². The van der Waals surface area contributed by atoms with Gasteiger partial charge < -0.3 is 10.5 Å². The van der Waals surface area contributed by atoms with Gasteiger partial charge in [-0.2, -0.15) is 5.10 Å². The highest BCUT2D eigenvalue weighted by atomic mass is 16.5. The van der Waals surface area contributed by atoms with Crippen LogP contribution in [0, 0.1) is 0 Å². The molecule has 0 radical (unpaired) electrons. The van der Waals surface area contributed by atoms with Gasteiger partial charge in [-0.1, -0.05) is 48.5 Å². The fourth-order valence-corrected chi connectivity index (χ4v) is 2.51. The second-order valence-electron chi connectivity index (χ2n) is 5.36. The Hall–Kier alpha value is -2.59. The van der Waals surface area contributed by atoms with Crippen LogP contribution in [0.1, 0.15) is 5.56 Å². The molecule has 0 saturated heterocycles. The smallest absolute Gasteiger partial charge is 0.127 e. The number of para-hydroxylation sites is 1. The summed E-state index contributed by atoms with van der Waals surface area (Å²) in [5, 5.41) is 4.33. The highest BCUT2D eigenvalue weighted by Gasteiger charge is 2.08. The van der Waals surface area contributed by atoms with Crippen molar-refractivity contribution in [3.63, 3.8) is 0 Å². The SMILES string of the molecule is NCCn1cc(-c2ccccc2OCCc2ccccc2)cn1. The number of nitrogens with zero attached hydrogens (tertiary/aromatic N) is 2. The van der Waals surface area contributed by atoms with E-state index in [0.717, 1.165) is 29.8 Å². The van der Waals surface area contributed by atoms with E-state index in [2.05, 4.69) is 35.4 Å². The number of benzene rings is 2. The number of ether oxygens (including phenoxy) is 1. The molecule has 23 heavy (non-hydrogen) atoms. The Morgan fingerprint density at radius 1 is 1.00 bits per heavy atom. The van der Waals surface area contributed by atoms with Crippen LogP contribution in [0.25, 0.3) is 11.1 Å². The molecule has 0 fully saturated rings. The van der Waals surface area contributed by atoms with Crippen molar-refractivity contribution < 1.29 is 4.74 Å². The van der Waals surface area contributed by atoms with E-state index in [1.54, 1.807) is 0 Å². The Labute approximate surface area is 136 Å². The first-order valence-corrected chi connectivity index (χ1v) is 7.85. The summed E-state index contributed by atoms with van der Waals surface area (Å²) in [6.07, 6.45) is 4.75. The summed E-state index contributed by atoms with van der Waals surface area (Å²) < 4.78 is 7.86. The fourth-order valence-electron chi connectivity index (χ4n) is 2.51. The summed E-state index contributed by atoms with van der Waals surface area (Å²) in [5.74, 6) is 0.885. The first-order valence-electron chi connectivity index (χ1n) is 7.85. The van der Waals surface area contributed by atoms with Gasteiger partial charge in [0.25, 0.3) is 0 Å². The summed E-state index contributed by atoms with van der Waals surface area (Å²) in [6, 6.07) is 18.4. The zero-order chi connectivity index (χ0) is 15.9. The van der Waals surface area contributed by atoms with Crippen molar-refractivity contribution in [1.82, 2.24) is 9.78 Å². The normalized spacial score (nSPS) is 10.7. The van der Waals surface area contributed by atoms with Crippen molar-refractivity contribution in [2.24, 2.45) is 5.73 Å². The van der Waals surface area contributed by atoms with Gasteiger partial charge in [-0.3, -0.25) is 4.68 Å². The number of rotatable bonds is 7. The molecule has 2 N–H and O–H groups in total. The largest absolute Gasteiger partial charge is 0.493 e. The predicted octanol–water partition coefficient (Wildman–Crippen LogP) is 3.13. The standard InChI is InChI=1S/C19H21N3O/c20-11-12-22-15-17(14-21-22)18-8-4-5-9-19(18)23-13-10-16-6-2-1-3-7-16/h1-9,14-15H,10-13,20H2. The molecule has 3 aromatic rings. The maximum atomic E-state index is 6.00. The van der Waals surface area contributed by atoms with Crippen LogP contribution >= 0.6 is 0 Å². The zero-order valence-corrected chi connectivity index (χ0v) is 13.1. The summed E-state index contributed by atoms with van der Waals surface area (Å²) in [5.41, 5.74) is 8.96. The van der Waals surface area contributed by atoms with Crippen LogP contribution in [0.3, 0.4) is 0 Å². The maximum Gasteiger partial charge on any atom is 0.127 e. The van der Waals surface area contributed by atoms with Crippen LogP contribution < -0.4 is 10.5 Å². The van der Waals surface area contributed by atoms with E-state index in [4.69, 9.17) is 10.5 Å². The third kappa shape index (κ3) is 3.99. The average Bonchev–Trinajstić information content (AvgIpc) is 3.05. The first-order chi connectivity index (χ1) is 11.4. The molecule has 0 aliphatic heterocycles. The maximum absolute atomic E-state index is 6.00. The first kappa shape index (κ1) is 15.3. The van der Waals surface area contributed by atoms with Crippen LogP contribution in [0.5, 0.6) is 5.75 Å². The summed E-state index contributed by atoms with van der Waals surface area (Å²) in [6.45, 7) is 1.95. The number of nitrogens with two attached hydrogens (primary N) is 1. The molecule has 0 amide bonds. The summed E-state index contributed by atoms with van der Waals surface area (Å²) in [7, 11) is 0. The third-order valence-electron chi connectivity index (χ3n) is 3.68. The van der Waals surface area contributed by atoms with Crippen molar-refractivity contribution in [2.45, 2.75) is 13.0 Å². The molecule has 0 saturated carbocycles. The molecule has 3 rings (SSSR count). The fraction of sp³-hybridized carbons (Fsp3) is 0.211. The molecule has 4 nitrogen and oxygen atoms in total. The molecule has 0 aliphatic carbocycles. The minimum Gasteiger partial charge on any atom is -0.493 e. The van der Waals surface area contributed by atoms with E-state index in [0.29, 0.717) is 13.2 Å². The van der Waals surface area contributed by atoms with Gasteiger partial charge in [-0.15, -0.1) is 0 Å². The molecule has 4 heteroatoms. The lowest BCUT2D eigenvalue weighted by Crippen LogP contribution is -2.09. The van der Waals surface area contributed by atoms with Gasteiger partial charge in [0.15, 0.2) is 0 Å². The van der Waals surface area contributed by atoms with E-state index in [-0.39, 0.29) is 0 Å². The van der Waals surface area contributed by atoms with E-state index in [9.17, 15) is 0 Å². The lowest BCUT2D eigenvalue weighted by molar-refractivity contribution is 0.323. The zero-order valence-electron chi connectivity index (χ0n) is 13.1. The van der Waals surface area contributed by atoms with Gasteiger partial charge in [-0.25, -0.2) is 0 Å². The van der Waals surface area contributed by atoms with Crippen molar-refractivity contribution in [1.29, 1.82) is 0 Å². The van der Waals surface area contributed by atoms with E-state index < -0.39 is 0 Å². The molecule has 1 heterocycles. The molecule has 1 aromatic heterocycles. The second-order valence-corrected chi connectivity index (χ2v) is 5.36. The van der Waals surface area contributed by atoms with Gasteiger partial charge in [0.2, 0.25) is 0 Å². The molecule has 0 atom stereocenters. The molecule has 0 bridgehead atoms. The quantitative estimate of drug-likeness (QED) is 0.729. The van der Waals surface area contributed by atoms with Crippen LogP contribution in [-0.2, 0) is 13.0 Å². The summed E-state index contributed by atoms with van der Waals surface area (Å²) in [4.78, 5) is 0. The highest BCUT2D eigenvalue weighted by Crippen LogP contribution is 2.29. The predicted molar refractivity (Wildman–Crippen MR) is 92.4 cm³/mol. The van der Waals surface area contributed by atoms with Gasteiger partial charge in [0, 0.05) is 30.3 Å². The lowest BCUT2D eigenvalue weighted by atomic mass is 10.1. The Morgan fingerprint density at radius 2 is 1.78 bits per heavy atom. The third-order valence-corrected chi connectivity index (χ3v) is 3.68. The highest BCUT2D eigenvalue weighted by molar-refractivity contribution is 5.69. The summed E-state index contributed by atoms with van der Waals surface area (Å²) >= 11 is 0. The van der Waals surface area contributed by atoms with Crippen LogP contribution in [0.15, 0.2) is 67.0 Å². The molecule has 118 valence electrons. The second kappa shape index (κ2) is 7.61. The number of hydrogen-bond acceptors (Lipinski definition) is 3. The molecule has 0 aliphatic rings. The van der Waals surface area contributed by atoms with Crippen molar-refractivity contribution >= 4 is 0 Å². The Morgan fingerprint density at radius 3 is 2.61 bits per heavy atom. The molecule has 0 spiro atoms. The minimum absolute atomic E-state index is 0.580. The van der Waals surface area contributed by atoms with Gasteiger partial charge >= 0.3 is 0 Å². The van der Waals surface area contributed by atoms with E-state index >= 15 is 0 Å². The minimum atomic E-state index is 0.580. The molecule has 2 aromatic carbocycles. The van der Waals surface area contributed by atoms with Crippen LogP contribution in [0.2, 0.25) is 0 Å². The van der Waals surface area contributed by atoms with Crippen LogP contribution in [-0.4, -0.2) is 22.9 Å². The Bertz CT molecular complexity index is 737.